The first kappa shape index (κ1) is 18.3. The van der Waals surface area contributed by atoms with E-state index in [-0.39, 0.29) is 17.9 Å². The minimum absolute atomic E-state index is 0.153. The summed E-state index contributed by atoms with van der Waals surface area (Å²) in [5, 5.41) is 9.27. The Morgan fingerprint density at radius 1 is 1.37 bits per heavy atom. The molecule has 0 saturated carbocycles. The molecule has 0 aliphatic heterocycles. The van der Waals surface area contributed by atoms with Crippen molar-refractivity contribution < 1.29 is 27.5 Å². The van der Waals surface area contributed by atoms with E-state index in [0.29, 0.717) is 16.7 Å². The molecule has 0 radical (unpaired) electrons. The van der Waals surface area contributed by atoms with Crippen molar-refractivity contribution in [1.29, 1.82) is 5.26 Å². The van der Waals surface area contributed by atoms with Crippen molar-refractivity contribution in [1.82, 2.24) is 4.98 Å². The Kier molecular flexibility index (Phi) is 4.77. The zero-order valence-corrected chi connectivity index (χ0v) is 14.5. The van der Waals surface area contributed by atoms with Gasteiger partial charge in [0.1, 0.15) is 34.3 Å². The molecule has 0 atom stereocenters. The van der Waals surface area contributed by atoms with E-state index in [0.717, 1.165) is 6.07 Å². The van der Waals surface area contributed by atoms with E-state index < -0.39 is 23.3 Å². The summed E-state index contributed by atoms with van der Waals surface area (Å²) in [6.45, 7) is 3.40. The van der Waals surface area contributed by atoms with E-state index in [2.05, 4.69) is 4.98 Å². The summed E-state index contributed by atoms with van der Waals surface area (Å²) >= 11 is 0. The van der Waals surface area contributed by atoms with Crippen molar-refractivity contribution in [2.24, 2.45) is 0 Å². The Bertz CT molecular complexity index is 1050. The number of benzene rings is 1. The predicted molar refractivity (Wildman–Crippen MR) is 90.4 cm³/mol. The van der Waals surface area contributed by atoms with Gasteiger partial charge in [-0.05, 0) is 44.2 Å². The van der Waals surface area contributed by atoms with Crippen LogP contribution in [0.4, 0.5) is 8.78 Å². The van der Waals surface area contributed by atoms with Crippen LogP contribution >= 0.6 is 0 Å². The number of aromatic nitrogens is 1. The van der Waals surface area contributed by atoms with Gasteiger partial charge in [0, 0.05) is 11.6 Å². The molecule has 3 aromatic rings. The molecular weight excluding hydrogens is 358 g/mol. The fourth-order valence-corrected chi connectivity index (χ4v) is 2.65. The number of ether oxygens (including phenoxy) is 2. The summed E-state index contributed by atoms with van der Waals surface area (Å²) in [4.78, 5) is 15.7. The molecule has 0 bridgehead atoms. The lowest BCUT2D eigenvalue weighted by atomic mass is 10.1. The van der Waals surface area contributed by atoms with Gasteiger partial charge in [0.2, 0.25) is 0 Å². The summed E-state index contributed by atoms with van der Waals surface area (Å²) in [7, 11) is 0. The van der Waals surface area contributed by atoms with E-state index in [4.69, 9.17) is 19.2 Å². The Labute approximate surface area is 152 Å². The summed E-state index contributed by atoms with van der Waals surface area (Å²) in [5.74, 6) is -0.505. The van der Waals surface area contributed by atoms with Crippen molar-refractivity contribution >= 4 is 16.9 Å². The third-order valence-electron chi connectivity index (χ3n) is 3.79. The largest absolute Gasteiger partial charge is 0.462 e. The standard InChI is InChI=1S/C19H14F2N2O4/c1-3-25-18(24)17-11(2)26-16-7-6-12(9-13(16)17)27-19(20,21)14-5-4-8-23-15(14)10-22/h4-9H,3H2,1-2H3. The van der Waals surface area contributed by atoms with Crippen LogP contribution in [0.25, 0.3) is 11.0 Å². The van der Waals surface area contributed by atoms with Crippen LogP contribution in [0.2, 0.25) is 0 Å². The number of esters is 1. The number of rotatable bonds is 5. The average Bonchev–Trinajstić information content (AvgIpc) is 2.96. The molecule has 0 N–H and O–H groups in total. The number of nitriles is 1. The van der Waals surface area contributed by atoms with Gasteiger partial charge < -0.3 is 13.9 Å². The van der Waals surface area contributed by atoms with Gasteiger partial charge >= 0.3 is 12.1 Å². The Morgan fingerprint density at radius 2 is 2.15 bits per heavy atom. The van der Waals surface area contributed by atoms with Gasteiger partial charge in [0.25, 0.3) is 0 Å². The third kappa shape index (κ3) is 3.44. The van der Waals surface area contributed by atoms with E-state index in [1.807, 2.05) is 0 Å². The molecule has 0 aliphatic rings. The van der Waals surface area contributed by atoms with Crippen LogP contribution in [0.15, 0.2) is 40.9 Å². The molecule has 138 valence electrons. The Morgan fingerprint density at radius 3 is 2.85 bits per heavy atom. The fourth-order valence-electron chi connectivity index (χ4n) is 2.65. The summed E-state index contributed by atoms with van der Waals surface area (Å²) < 4.78 is 44.4. The lowest BCUT2D eigenvalue weighted by Gasteiger charge is -2.18. The van der Waals surface area contributed by atoms with Crippen molar-refractivity contribution in [3.05, 3.63) is 59.1 Å². The summed E-state index contributed by atoms with van der Waals surface area (Å²) in [5.41, 5.74) is -0.596. The first-order valence-corrected chi connectivity index (χ1v) is 8.00. The fraction of sp³-hybridized carbons (Fsp3) is 0.211. The SMILES string of the molecule is CCOC(=O)c1c(C)oc2ccc(OC(F)(F)c3cccnc3C#N)cc12. The maximum absolute atomic E-state index is 14.5. The van der Waals surface area contributed by atoms with Crippen molar-refractivity contribution in [3.63, 3.8) is 0 Å². The first-order valence-electron chi connectivity index (χ1n) is 8.00. The van der Waals surface area contributed by atoms with E-state index in [1.165, 1.54) is 30.5 Å². The molecule has 3 rings (SSSR count). The number of pyridine rings is 1. The number of fused-ring (bicyclic) bond motifs is 1. The molecule has 2 heterocycles. The van der Waals surface area contributed by atoms with Gasteiger partial charge in [-0.25, -0.2) is 9.78 Å². The summed E-state index contributed by atoms with van der Waals surface area (Å²) in [6, 6.07) is 7.95. The highest BCUT2D eigenvalue weighted by atomic mass is 19.3. The average molecular weight is 372 g/mol. The van der Waals surface area contributed by atoms with Crippen LogP contribution in [0.5, 0.6) is 5.75 Å². The van der Waals surface area contributed by atoms with E-state index in [1.54, 1.807) is 19.9 Å². The molecule has 6 nitrogen and oxygen atoms in total. The second kappa shape index (κ2) is 7.03. The minimum atomic E-state index is -3.80. The number of alkyl halides is 2. The van der Waals surface area contributed by atoms with Gasteiger partial charge in [-0.15, -0.1) is 0 Å². The first-order chi connectivity index (χ1) is 12.9. The molecule has 0 fully saturated rings. The van der Waals surface area contributed by atoms with E-state index >= 15 is 0 Å². The maximum atomic E-state index is 14.5. The third-order valence-corrected chi connectivity index (χ3v) is 3.79. The van der Waals surface area contributed by atoms with Crippen LogP contribution < -0.4 is 4.74 Å². The zero-order valence-electron chi connectivity index (χ0n) is 14.5. The van der Waals surface area contributed by atoms with E-state index in [9.17, 15) is 13.6 Å². The Hall–Kier alpha value is -3.47. The topological polar surface area (TPSA) is 85.3 Å². The van der Waals surface area contributed by atoms with Gasteiger partial charge in [-0.3, -0.25) is 0 Å². The smallest absolute Gasteiger partial charge is 0.429 e. The van der Waals surface area contributed by atoms with Crippen molar-refractivity contribution in [2.75, 3.05) is 6.61 Å². The van der Waals surface area contributed by atoms with Gasteiger partial charge in [0.15, 0.2) is 5.69 Å². The van der Waals surface area contributed by atoms with Crippen LogP contribution in [-0.4, -0.2) is 17.6 Å². The quantitative estimate of drug-likeness (QED) is 0.620. The number of carbonyl (C=O) groups excluding carboxylic acids is 1. The van der Waals surface area contributed by atoms with Crippen molar-refractivity contribution in [3.8, 4) is 11.8 Å². The van der Waals surface area contributed by atoms with Gasteiger partial charge in [-0.2, -0.15) is 14.0 Å². The highest BCUT2D eigenvalue weighted by molar-refractivity contribution is 6.04. The zero-order chi connectivity index (χ0) is 19.6. The van der Waals surface area contributed by atoms with Crippen LogP contribution in [0, 0.1) is 18.3 Å². The summed E-state index contributed by atoms with van der Waals surface area (Å²) in [6.07, 6.45) is -2.56. The molecule has 2 aromatic heterocycles. The molecule has 8 heteroatoms. The van der Waals surface area contributed by atoms with Crippen molar-refractivity contribution in [2.45, 2.75) is 20.0 Å². The molecule has 0 aliphatic carbocycles. The Balaban J connectivity index is 2.01. The molecule has 0 spiro atoms. The normalized spacial score (nSPS) is 11.2. The number of hydrogen-bond donors (Lipinski definition) is 0. The van der Waals surface area contributed by atoms with Gasteiger partial charge in [-0.1, -0.05) is 0 Å². The second-order valence-electron chi connectivity index (χ2n) is 5.54. The predicted octanol–water partition coefficient (Wildman–Crippen LogP) is 4.31. The minimum Gasteiger partial charge on any atom is -0.462 e. The molecule has 0 unspecified atom stereocenters. The molecule has 0 amide bonds. The molecule has 1 aromatic carbocycles. The van der Waals surface area contributed by atoms with Gasteiger partial charge in [0.05, 0.1) is 6.61 Å². The number of carbonyl (C=O) groups is 1. The number of hydrogen-bond acceptors (Lipinski definition) is 6. The molecule has 27 heavy (non-hydrogen) atoms. The lowest BCUT2D eigenvalue weighted by Crippen LogP contribution is -2.23. The monoisotopic (exact) mass is 372 g/mol. The van der Waals surface area contributed by atoms with Crippen LogP contribution in [-0.2, 0) is 10.8 Å². The second-order valence-corrected chi connectivity index (χ2v) is 5.54. The molecule has 0 saturated heterocycles. The number of aryl methyl sites for hydroxylation is 1. The van der Waals surface area contributed by atoms with Crippen LogP contribution in [0.1, 0.15) is 34.3 Å². The highest BCUT2D eigenvalue weighted by Gasteiger charge is 2.38. The number of nitrogens with zero attached hydrogens (tertiary/aromatic N) is 2. The van der Waals surface area contributed by atoms with Crippen LogP contribution in [0.3, 0.4) is 0 Å². The highest BCUT2D eigenvalue weighted by Crippen LogP contribution is 2.36. The number of halogens is 2. The molecular formula is C19H14F2N2O4. The number of furan rings is 1. The lowest BCUT2D eigenvalue weighted by molar-refractivity contribution is -0.185. The maximum Gasteiger partial charge on any atom is 0.429 e.